The quantitative estimate of drug-likeness (QED) is 0.307. The van der Waals surface area contributed by atoms with Crippen molar-refractivity contribution < 1.29 is 20.1 Å². The highest BCUT2D eigenvalue weighted by Crippen LogP contribution is 2.41. The summed E-state index contributed by atoms with van der Waals surface area (Å²) in [5.41, 5.74) is 10.5. The first-order valence-corrected chi connectivity index (χ1v) is 9.32. The Kier molecular flexibility index (Phi) is 5.08. The Bertz CT molecular complexity index is 977. The van der Waals surface area contributed by atoms with E-state index in [-0.39, 0.29) is 23.8 Å². The van der Waals surface area contributed by atoms with Gasteiger partial charge in [-0.05, 0) is 19.3 Å². The third-order valence-electron chi connectivity index (χ3n) is 5.35. The summed E-state index contributed by atoms with van der Waals surface area (Å²) in [6, 6.07) is 0. The standard InChI is InChI=1S/C17H24N8O4/c18-13-11-14(23-16(19)22-13)25(9-21-11)15-12(27)17(28,10(7-26)29-15)3-1-2-5-24-6-4-20-8-24/h4,6,8-10,12,15,26-28H,1-3,5,7H2,(H4,18,19,22,23)/t10-,12+,15-,17-/m1/s1. The van der Waals surface area contributed by atoms with Crippen molar-refractivity contribution >= 4 is 22.9 Å². The molecule has 0 amide bonds. The number of imidazole rings is 2. The fourth-order valence-corrected chi connectivity index (χ4v) is 3.79. The first-order valence-electron chi connectivity index (χ1n) is 9.32. The second-order valence-electron chi connectivity index (χ2n) is 7.18. The zero-order valence-corrected chi connectivity index (χ0v) is 15.7. The smallest absolute Gasteiger partial charge is 0.224 e. The van der Waals surface area contributed by atoms with Crippen molar-refractivity contribution in [1.29, 1.82) is 0 Å². The first-order chi connectivity index (χ1) is 13.9. The molecule has 1 aliphatic rings. The molecule has 3 aromatic rings. The summed E-state index contributed by atoms with van der Waals surface area (Å²) in [6.07, 6.45) is 5.01. The van der Waals surface area contributed by atoms with Crippen LogP contribution in [0.4, 0.5) is 11.8 Å². The largest absolute Gasteiger partial charge is 0.394 e. The van der Waals surface area contributed by atoms with E-state index in [4.69, 9.17) is 16.2 Å². The minimum Gasteiger partial charge on any atom is -0.394 e. The van der Waals surface area contributed by atoms with Crippen molar-refractivity contribution in [2.75, 3.05) is 18.1 Å². The number of fused-ring (bicyclic) bond motifs is 1. The molecule has 1 aliphatic heterocycles. The maximum Gasteiger partial charge on any atom is 0.224 e. The topological polar surface area (TPSA) is 183 Å². The molecule has 4 heterocycles. The van der Waals surface area contributed by atoms with Gasteiger partial charge in [0.15, 0.2) is 17.7 Å². The van der Waals surface area contributed by atoms with Gasteiger partial charge in [0.25, 0.3) is 0 Å². The van der Waals surface area contributed by atoms with E-state index in [1.165, 1.54) is 10.9 Å². The molecular formula is C17H24N8O4. The Morgan fingerprint density at radius 2 is 2.03 bits per heavy atom. The van der Waals surface area contributed by atoms with Gasteiger partial charge in [-0.25, -0.2) is 9.97 Å². The van der Waals surface area contributed by atoms with Crippen molar-refractivity contribution in [2.45, 2.75) is 49.8 Å². The van der Waals surface area contributed by atoms with E-state index in [0.717, 1.165) is 13.0 Å². The normalized spacial score (nSPS) is 27.1. The average molecular weight is 404 g/mol. The third-order valence-corrected chi connectivity index (χ3v) is 5.35. The van der Waals surface area contributed by atoms with E-state index in [0.29, 0.717) is 11.9 Å². The monoisotopic (exact) mass is 404 g/mol. The van der Waals surface area contributed by atoms with Gasteiger partial charge in [-0.3, -0.25) is 4.57 Å². The average Bonchev–Trinajstić information content (AvgIpc) is 3.40. The third kappa shape index (κ3) is 3.40. The highest BCUT2D eigenvalue weighted by molar-refractivity contribution is 5.82. The second kappa shape index (κ2) is 7.55. The van der Waals surface area contributed by atoms with Crippen molar-refractivity contribution in [3.63, 3.8) is 0 Å². The van der Waals surface area contributed by atoms with E-state index in [2.05, 4.69) is 19.9 Å². The van der Waals surface area contributed by atoms with Crippen LogP contribution in [0.15, 0.2) is 25.0 Å². The molecule has 0 radical (unpaired) electrons. The lowest BCUT2D eigenvalue weighted by molar-refractivity contribution is -0.0984. The summed E-state index contributed by atoms with van der Waals surface area (Å²) >= 11 is 0. The SMILES string of the molecule is Nc1nc(N)c2ncn([C@@H]3O[C@H](CO)[C@](O)(CCCCn4ccnc4)[C@H]3O)c2n1. The van der Waals surface area contributed by atoms with Gasteiger partial charge in [-0.2, -0.15) is 9.97 Å². The summed E-state index contributed by atoms with van der Waals surface area (Å²) in [5.74, 6) is 0.0601. The second-order valence-corrected chi connectivity index (χ2v) is 7.18. The molecule has 1 saturated heterocycles. The van der Waals surface area contributed by atoms with Gasteiger partial charge in [0, 0.05) is 18.9 Å². The van der Waals surface area contributed by atoms with E-state index in [1.807, 2.05) is 10.8 Å². The van der Waals surface area contributed by atoms with Crippen molar-refractivity contribution in [2.24, 2.45) is 0 Å². The Balaban J connectivity index is 1.53. The molecule has 0 aromatic carbocycles. The molecule has 0 spiro atoms. The van der Waals surface area contributed by atoms with Crippen LogP contribution in [0.1, 0.15) is 25.5 Å². The summed E-state index contributed by atoms with van der Waals surface area (Å²) < 4.78 is 9.17. The molecule has 0 saturated carbocycles. The van der Waals surface area contributed by atoms with Gasteiger partial charge in [0.2, 0.25) is 5.95 Å². The van der Waals surface area contributed by atoms with Gasteiger partial charge in [0.05, 0.1) is 19.3 Å². The van der Waals surface area contributed by atoms with Crippen LogP contribution >= 0.6 is 0 Å². The lowest BCUT2D eigenvalue weighted by atomic mass is 9.87. The van der Waals surface area contributed by atoms with E-state index >= 15 is 0 Å². The minimum absolute atomic E-state index is 0.0438. The molecule has 1 fully saturated rings. The molecule has 0 unspecified atom stereocenters. The molecule has 156 valence electrons. The highest BCUT2D eigenvalue weighted by Gasteiger charge is 2.55. The number of ether oxygens (including phenoxy) is 1. The zero-order valence-electron chi connectivity index (χ0n) is 15.7. The molecule has 3 aromatic heterocycles. The number of nitrogens with two attached hydrogens (primary N) is 2. The number of aryl methyl sites for hydroxylation is 1. The number of nitrogen functional groups attached to an aromatic ring is 2. The van der Waals surface area contributed by atoms with Crippen molar-refractivity contribution in [3.8, 4) is 0 Å². The fourth-order valence-electron chi connectivity index (χ4n) is 3.79. The molecule has 7 N–H and O–H groups in total. The van der Waals surface area contributed by atoms with Gasteiger partial charge < -0.3 is 36.1 Å². The van der Waals surface area contributed by atoms with Crippen LogP contribution in [-0.2, 0) is 11.3 Å². The lowest BCUT2D eigenvalue weighted by Gasteiger charge is -2.30. The fraction of sp³-hybridized carbons (Fsp3) is 0.529. The molecule has 0 bridgehead atoms. The van der Waals surface area contributed by atoms with Crippen LogP contribution in [0.25, 0.3) is 11.2 Å². The number of anilines is 2. The van der Waals surface area contributed by atoms with Crippen LogP contribution in [0, 0.1) is 0 Å². The minimum atomic E-state index is -1.63. The molecule has 0 aliphatic carbocycles. The number of rotatable bonds is 7. The number of aromatic nitrogens is 6. The summed E-state index contributed by atoms with van der Waals surface area (Å²) in [5, 5.41) is 31.8. The summed E-state index contributed by atoms with van der Waals surface area (Å²) in [6.45, 7) is 0.291. The Labute approximate surface area is 165 Å². The number of aliphatic hydroxyl groups excluding tert-OH is 2. The highest BCUT2D eigenvalue weighted by atomic mass is 16.6. The van der Waals surface area contributed by atoms with E-state index in [1.54, 1.807) is 12.5 Å². The predicted octanol–water partition coefficient (Wildman–Crippen LogP) is -0.961. The number of aliphatic hydroxyl groups is 3. The van der Waals surface area contributed by atoms with Crippen molar-refractivity contribution in [3.05, 3.63) is 25.0 Å². The lowest BCUT2D eigenvalue weighted by Crippen LogP contribution is -2.49. The first kappa shape index (κ1) is 19.5. The summed E-state index contributed by atoms with van der Waals surface area (Å²) in [4.78, 5) is 16.1. The van der Waals surface area contributed by atoms with Crippen molar-refractivity contribution in [1.82, 2.24) is 29.1 Å². The molecule has 4 rings (SSSR count). The van der Waals surface area contributed by atoms with Gasteiger partial charge in [-0.15, -0.1) is 0 Å². The number of unbranched alkanes of at least 4 members (excludes halogenated alkanes) is 1. The van der Waals surface area contributed by atoms with Gasteiger partial charge >= 0.3 is 0 Å². The van der Waals surface area contributed by atoms with E-state index < -0.39 is 30.6 Å². The van der Waals surface area contributed by atoms with Crippen LogP contribution in [0.2, 0.25) is 0 Å². The zero-order chi connectivity index (χ0) is 20.6. The van der Waals surface area contributed by atoms with Gasteiger partial charge in [-0.1, -0.05) is 0 Å². The van der Waals surface area contributed by atoms with Crippen LogP contribution in [0.3, 0.4) is 0 Å². The number of nitrogens with zero attached hydrogens (tertiary/aromatic N) is 6. The van der Waals surface area contributed by atoms with Crippen LogP contribution in [0.5, 0.6) is 0 Å². The Hall–Kier alpha value is -2.80. The molecule has 12 heteroatoms. The summed E-state index contributed by atoms with van der Waals surface area (Å²) in [7, 11) is 0. The van der Waals surface area contributed by atoms with Crippen LogP contribution < -0.4 is 11.5 Å². The predicted molar refractivity (Wildman–Crippen MR) is 102 cm³/mol. The molecule has 12 nitrogen and oxygen atoms in total. The molecule has 4 atom stereocenters. The number of hydrogen-bond acceptors (Lipinski definition) is 10. The maximum absolute atomic E-state index is 11.2. The Morgan fingerprint density at radius 3 is 2.76 bits per heavy atom. The maximum atomic E-state index is 11.2. The Morgan fingerprint density at radius 1 is 1.21 bits per heavy atom. The number of hydrogen-bond donors (Lipinski definition) is 5. The van der Waals surface area contributed by atoms with E-state index in [9.17, 15) is 15.3 Å². The molecular weight excluding hydrogens is 380 g/mol. The van der Waals surface area contributed by atoms with Gasteiger partial charge in [0.1, 0.15) is 23.3 Å². The van der Waals surface area contributed by atoms with Crippen LogP contribution in [-0.4, -0.2) is 68.8 Å². The molecule has 29 heavy (non-hydrogen) atoms.